The van der Waals surface area contributed by atoms with Crippen LogP contribution in [-0.2, 0) is 9.53 Å². The van der Waals surface area contributed by atoms with Gasteiger partial charge in [-0.1, -0.05) is 12.1 Å². The summed E-state index contributed by atoms with van der Waals surface area (Å²) in [5.74, 6) is -0.382. The van der Waals surface area contributed by atoms with E-state index in [2.05, 4.69) is 9.72 Å². The standard InChI is InChI=1S/C11H10N2O2/c1-15-11(14)6-7-13-8-12-9-4-2-3-5-10(9)13/h2-8H,1H3/b7-6-. The van der Waals surface area contributed by atoms with Crippen LogP contribution in [0.5, 0.6) is 0 Å². The van der Waals surface area contributed by atoms with E-state index >= 15 is 0 Å². The van der Waals surface area contributed by atoms with Gasteiger partial charge in [-0.05, 0) is 12.1 Å². The van der Waals surface area contributed by atoms with Crippen LogP contribution in [0, 0.1) is 0 Å². The van der Waals surface area contributed by atoms with Crippen LogP contribution in [0.4, 0.5) is 0 Å². The largest absolute Gasteiger partial charge is 0.466 e. The Bertz CT molecular complexity index is 514. The van der Waals surface area contributed by atoms with Crippen LogP contribution in [0.15, 0.2) is 36.7 Å². The number of para-hydroxylation sites is 2. The molecule has 0 N–H and O–H groups in total. The van der Waals surface area contributed by atoms with Gasteiger partial charge < -0.3 is 9.30 Å². The first-order chi connectivity index (χ1) is 7.31. The highest BCUT2D eigenvalue weighted by Crippen LogP contribution is 2.11. The molecule has 0 unspecified atom stereocenters. The van der Waals surface area contributed by atoms with Crippen LogP contribution in [-0.4, -0.2) is 22.6 Å². The fourth-order valence-corrected chi connectivity index (χ4v) is 1.31. The zero-order chi connectivity index (χ0) is 10.7. The Morgan fingerprint density at radius 1 is 1.47 bits per heavy atom. The molecule has 0 saturated heterocycles. The Hall–Kier alpha value is -2.10. The molecule has 15 heavy (non-hydrogen) atoms. The minimum absolute atomic E-state index is 0.382. The predicted molar refractivity (Wildman–Crippen MR) is 57.1 cm³/mol. The number of esters is 1. The molecule has 0 aliphatic carbocycles. The molecule has 1 heterocycles. The van der Waals surface area contributed by atoms with E-state index in [0.717, 1.165) is 11.0 Å². The SMILES string of the molecule is COC(=O)/C=C\n1cnc2ccccc21. The number of rotatable bonds is 2. The topological polar surface area (TPSA) is 44.1 Å². The predicted octanol–water partition coefficient (Wildman–Crippen LogP) is 1.68. The number of nitrogens with zero attached hydrogens (tertiary/aromatic N) is 2. The first-order valence-electron chi connectivity index (χ1n) is 4.49. The average Bonchev–Trinajstić information content (AvgIpc) is 2.69. The third-order valence-electron chi connectivity index (χ3n) is 2.05. The maximum atomic E-state index is 10.9. The number of fused-ring (bicyclic) bond motifs is 1. The van der Waals surface area contributed by atoms with Crippen molar-refractivity contribution in [2.75, 3.05) is 7.11 Å². The van der Waals surface area contributed by atoms with Gasteiger partial charge in [-0.3, -0.25) is 0 Å². The van der Waals surface area contributed by atoms with E-state index in [-0.39, 0.29) is 5.97 Å². The van der Waals surface area contributed by atoms with Gasteiger partial charge in [-0.2, -0.15) is 0 Å². The van der Waals surface area contributed by atoms with E-state index in [0.29, 0.717) is 0 Å². The normalized spacial score (nSPS) is 11.0. The molecule has 0 atom stereocenters. The molecule has 0 fully saturated rings. The highest BCUT2D eigenvalue weighted by atomic mass is 16.5. The summed E-state index contributed by atoms with van der Waals surface area (Å²) in [6.45, 7) is 0. The lowest BCUT2D eigenvalue weighted by Gasteiger charge is -1.95. The monoisotopic (exact) mass is 202 g/mol. The van der Waals surface area contributed by atoms with E-state index in [9.17, 15) is 4.79 Å². The van der Waals surface area contributed by atoms with Crippen molar-refractivity contribution in [1.29, 1.82) is 0 Å². The molecule has 0 saturated carbocycles. The number of hydrogen-bond acceptors (Lipinski definition) is 3. The Morgan fingerprint density at radius 3 is 3.07 bits per heavy atom. The summed E-state index contributed by atoms with van der Waals surface area (Å²) >= 11 is 0. The molecule has 76 valence electrons. The zero-order valence-corrected chi connectivity index (χ0v) is 8.25. The third kappa shape index (κ3) is 1.88. The van der Waals surface area contributed by atoms with Crippen molar-refractivity contribution >= 4 is 23.2 Å². The molecule has 0 radical (unpaired) electrons. The number of imidazole rings is 1. The molecule has 0 aliphatic heterocycles. The maximum absolute atomic E-state index is 10.9. The van der Waals surface area contributed by atoms with Crippen molar-refractivity contribution in [3.8, 4) is 0 Å². The van der Waals surface area contributed by atoms with Gasteiger partial charge in [0.2, 0.25) is 0 Å². The average molecular weight is 202 g/mol. The highest BCUT2D eigenvalue weighted by molar-refractivity contribution is 5.86. The van der Waals surface area contributed by atoms with Gasteiger partial charge in [0.1, 0.15) is 0 Å². The zero-order valence-electron chi connectivity index (χ0n) is 8.25. The minimum atomic E-state index is -0.382. The van der Waals surface area contributed by atoms with Crippen molar-refractivity contribution in [2.24, 2.45) is 0 Å². The number of ether oxygens (including phenoxy) is 1. The Balaban J connectivity index is 2.36. The first kappa shape index (κ1) is 9.45. The lowest BCUT2D eigenvalue weighted by atomic mass is 10.3. The second-order valence-corrected chi connectivity index (χ2v) is 2.98. The lowest BCUT2D eigenvalue weighted by molar-refractivity contribution is -0.134. The second kappa shape index (κ2) is 3.96. The van der Waals surface area contributed by atoms with E-state index in [4.69, 9.17) is 0 Å². The summed E-state index contributed by atoms with van der Waals surface area (Å²) < 4.78 is 6.27. The van der Waals surface area contributed by atoms with Crippen LogP contribution in [0.2, 0.25) is 0 Å². The number of benzene rings is 1. The summed E-state index contributed by atoms with van der Waals surface area (Å²) in [6.07, 6.45) is 4.64. The molecule has 2 aromatic rings. The number of carbonyl (C=O) groups excluding carboxylic acids is 1. The quantitative estimate of drug-likeness (QED) is 0.549. The van der Waals surface area contributed by atoms with Crippen LogP contribution in [0.25, 0.3) is 17.2 Å². The van der Waals surface area contributed by atoms with Crippen molar-refractivity contribution < 1.29 is 9.53 Å². The molecule has 1 aromatic carbocycles. The van der Waals surface area contributed by atoms with Crippen LogP contribution in [0.1, 0.15) is 0 Å². The fourth-order valence-electron chi connectivity index (χ4n) is 1.31. The second-order valence-electron chi connectivity index (χ2n) is 2.98. The van der Waals surface area contributed by atoms with E-state index in [1.807, 2.05) is 24.3 Å². The number of carbonyl (C=O) groups is 1. The van der Waals surface area contributed by atoms with Gasteiger partial charge in [-0.25, -0.2) is 9.78 Å². The maximum Gasteiger partial charge on any atom is 0.331 e. The van der Waals surface area contributed by atoms with Crippen molar-refractivity contribution in [2.45, 2.75) is 0 Å². The summed E-state index contributed by atoms with van der Waals surface area (Å²) in [7, 11) is 1.35. The summed E-state index contributed by atoms with van der Waals surface area (Å²) in [5, 5.41) is 0. The summed E-state index contributed by atoms with van der Waals surface area (Å²) in [5.41, 5.74) is 1.85. The smallest absolute Gasteiger partial charge is 0.331 e. The van der Waals surface area contributed by atoms with E-state index in [1.165, 1.54) is 13.2 Å². The van der Waals surface area contributed by atoms with Gasteiger partial charge in [0.15, 0.2) is 0 Å². The number of aromatic nitrogens is 2. The molecule has 2 rings (SSSR count). The van der Waals surface area contributed by atoms with Crippen molar-refractivity contribution in [3.63, 3.8) is 0 Å². The molecule has 0 aliphatic rings. The Kier molecular flexibility index (Phi) is 2.49. The van der Waals surface area contributed by atoms with Gasteiger partial charge in [-0.15, -0.1) is 0 Å². The van der Waals surface area contributed by atoms with Crippen LogP contribution >= 0.6 is 0 Å². The first-order valence-corrected chi connectivity index (χ1v) is 4.49. The Morgan fingerprint density at radius 2 is 2.27 bits per heavy atom. The molecule has 0 bridgehead atoms. The molecule has 0 amide bonds. The van der Waals surface area contributed by atoms with E-state index < -0.39 is 0 Å². The van der Waals surface area contributed by atoms with Gasteiger partial charge in [0, 0.05) is 12.3 Å². The van der Waals surface area contributed by atoms with Crippen molar-refractivity contribution in [3.05, 3.63) is 36.7 Å². The number of methoxy groups -OCH3 is 1. The van der Waals surface area contributed by atoms with Crippen LogP contribution in [0.3, 0.4) is 0 Å². The molecular formula is C11H10N2O2. The molecule has 1 aromatic heterocycles. The van der Waals surface area contributed by atoms with Gasteiger partial charge in [0.25, 0.3) is 0 Å². The van der Waals surface area contributed by atoms with Gasteiger partial charge in [0.05, 0.1) is 24.5 Å². The summed E-state index contributed by atoms with van der Waals surface area (Å²) in [4.78, 5) is 15.1. The third-order valence-corrected chi connectivity index (χ3v) is 2.05. The van der Waals surface area contributed by atoms with E-state index in [1.54, 1.807) is 17.1 Å². The molecule has 4 nitrogen and oxygen atoms in total. The minimum Gasteiger partial charge on any atom is -0.466 e. The lowest BCUT2D eigenvalue weighted by Crippen LogP contribution is -1.94. The highest BCUT2D eigenvalue weighted by Gasteiger charge is 1.98. The van der Waals surface area contributed by atoms with Gasteiger partial charge >= 0.3 is 5.97 Å². The fraction of sp³-hybridized carbons (Fsp3) is 0.0909. The Labute approximate surface area is 86.8 Å². The molecular weight excluding hydrogens is 192 g/mol. The molecule has 4 heteroatoms. The molecule has 0 spiro atoms. The van der Waals surface area contributed by atoms with Crippen molar-refractivity contribution in [1.82, 2.24) is 9.55 Å². The summed E-state index contributed by atoms with van der Waals surface area (Å²) in [6, 6.07) is 7.69. The van der Waals surface area contributed by atoms with Crippen LogP contribution < -0.4 is 0 Å². The number of hydrogen-bond donors (Lipinski definition) is 0.